The van der Waals surface area contributed by atoms with Crippen LogP contribution in [0.4, 0.5) is 0 Å². The maximum atomic E-state index is 11.9. The van der Waals surface area contributed by atoms with Gasteiger partial charge in [0.15, 0.2) is 0 Å². The van der Waals surface area contributed by atoms with Crippen LogP contribution in [0, 0.1) is 0 Å². The lowest BCUT2D eigenvalue weighted by Crippen LogP contribution is -2.38. The number of carbonyl (C=O) groups excluding carboxylic acids is 1. The highest BCUT2D eigenvalue weighted by molar-refractivity contribution is 7.99. The van der Waals surface area contributed by atoms with Gasteiger partial charge in [-0.25, -0.2) is 4.98 Å². The van der Waals surface area contributed by atoms with Crippen LogP contribution in [0.25, 0.3) is 0 Å². The number of amides is 1. The molecule has 1 aliphatic rings. The van der Waals surface area contributed by atoms with Gasteiger partial charge >= 0.3 is 0 Å². The fourth-order valence-electron chi connectivity index (χ4n) is 1.86. The highest BCUT2D eigenvalue weighted by Gasteiger charge is 2.18. The second-order valence-electron chi connectivity index (χ2n) is 4.17. The van der Waals surface area contributed by atoms with Gasteiger partial charge in [0.2, 0.25) is 0 Å². The van der Waals surface area contributed by atoms with Crippen LogP contribution in [0.15, 0.2) is 12.5 Å². The SMILES string of the molecule is NCCn1cnc(C(=O)NC2CCCSC2)c1. The van der Waals surface area contributed by atoms with Gasteiger partial charge in [0, 0.05) is 31.1 Å². The van der Waals surface area contributed by atoms with E-state index in [1.807, 2.05) is 16.3 Å². The first-order chi connectivity index (χ1) is 8.29. The molecule has 6 heteroatoms. The molecule has 1 aromatic heterocycles. The molecular formula is C11H18N4OS. The number of nitrogens with zero attached hydrogens (tertiary/aromatic N) is 2. The minimum Gasteiger partial charge on any atom is -0.347 e. The van der Waals surface area contributed by atoms with Crippen molar-refractivity contribution in [1.29, 1.82) is 0 Å². The molecule has 1 saturated heterocycles. The van der Waals surface area contributed by atoms with Gasteiger partial charge in [-0.05, 0) is 18.6 Å². The van der Waals surface area contributed by atoms with Crippen molar-refractivity contribution < 1.29 is 4.79 Å². The molecule has 3 N–H and O–H groups in total. The van der Waals surface area contributed by atoms with Crippen molar-refractivity contribution in [2.45, 2.75) is 25.4 Å². The smallest absolute Gasteiger partial charge is 0.271 e. The van der Waals surface area contributed by atoms with E-state index in [0.717, 1.165) is 12.2 Å². The van der Waals surface area contributed by atoms with E-state index in [9.17, 15) is 4.79 Å². The predicted octanol–water partition coefficient (Wildman–Crippen LogP) is 0.467. The van der Waals surface area contributed by atoms with E-state index in [4.69, 9.17) is 5.73 Å². The van der Waals surface area contributed by atoms with E-state index in [1.54, 1.807) is 12.5 Å². The van der Waals surface area contributed by atoms with Gasteiger partial charge in [0.1, 0.15) is 5.69 Å². The number of thioether (sulfide) groups is 1. The summed E-state index contributed by atoms with van der Waals surface area (Å²) in [5, 5.41) is 3.02. The number of carbonyl (C=O) groups is 1. The number of hydrogen-bond donors (Lipinski definition) is 2. The molecule has 1 unspecified atom stereocenters. The molecule has 5 nitrogen and oxygen atoms in total. The molecule has 1 atom stereocenters. The molecule has 0 radical (unpaired) electrons. The Labute approximate surface area is 105 Å². The third-order valence-corrected chi connectivity index (χ3v) is 3.96. The van der Waals surface area contributed by atoms with Crippen molar-refractivity contribution in [2.24, 2.45) is 5.73 Å². The van der Waals surface area contributed by atoms with Crippen molar-refractivity contribution in [2.75, 3.05) is 18.1 Å². The summed E-state index contributed by atoms with van der Waals surface area (Å²) in [4.78, 5) is 16.0. The van der Waals surface area contributed by atoms with Gasteiger partial charge < -0.3 is 15.6 Å². The molecule has 0 aromatic carbocycles. The van der Waals surface area contributed by atoms with Crippen LogP contribution >= 0.6 is 11.8 Å². The van der Waals surface area contributed by atoms with Gasteiger partial charge in [-0.15, -0.1) is 0 Å². The fraction of sp³-hybridized carbons (Fsp3) is 0.636. The van der Waals surface area contributed by atoms with E-state index in [2.05, 4.69) is 10.3 Å². The molecular weight excluding hydrogens is 236 g/mol. The van der Waals surface area contributed by atoms with Crippen molar-refractivity contribution in [3.8, 4) is 0 Å². The first-order valence-electron chi connectivity index (χ1n) is 5.90. The molecule has 1 aromatic rings. The maximum absolute atomic E-state index is 11.9. The number of hydrogen-bond acceptors (Lipinski definition) is 4. The molecule has 2 heterocycles. The Balaban J connectivity index is 1.89. The Hall–Kier alpha value is -1.01. The van der Waals surface area contributed by atoms with E-state index >= 15 is 0 Å². The highest BCUT2D eigenvalue weighted by atomic mass is 32.2. The van der Waals surface area contributed by atoms with E-state index < -0.39 is 0 Å². The van der Waals surface area contributed by atoms with E-state index in [-0.39, 0.29) is 5.91 Å². The summed E-state index contributed by atoms with van der Waals surface area (Å²) in [6.45, 7) is 1.25. The Kier molecular flexibility index (Phi) is 4.44. The van der Waals surface area contributed by atoms with Crippen LogP contribution in [-0.4, -0.2) is 39.6 Å². The molecule has 1 amide bonds. The standard InChI is InChI=1S/C11H18N4OS/c12-3-4-15-6-10(13-8-15)11(16)14-9-2-1-5-17-7-9/h6,8-9H,1-5,7,12H2,(H,14,16). The summed E-state index contributed by atoms with van der Waals surface area (Å²) in [6.07, 6.45) is 5.65. The lowest BCUT2D eigenvalue weighted by molar-refractivity contribution is 0.0934. The Morgan fingerprint density at radius 1 is 1.71 bits per heavy atom. The monoisotopic (exact) mass is 254 g/mol. The average Bonchev–Trinajstić information content (AvgIpc) is 2.79. The van der Waals surface area contributed by atoms with Gasteiger partial charge in [-0.1, -0.05) is 0 Å². The average molecular weight is 254 g/mol. The molecule has 94 valence electrons. The zero-order chi connectivity index (χ0) is 12.1. The maximum Gasteiger partial charge on any atom is 0.271 e. The zero-order valence-corrected chi connectivity index (χ0v) is 10.6. The lowest BCUT2D eigenvalue weighted by atomic mass is 10.2. The van der Waals surface area contributed by atoms with E-state index in [0.29, 0.717) is 24.8 Å². The van der Waals surface area contributed by atoms with Crippen LogP contribution in [-0.2, 0) is 6.54 Å². The Morgan fingerprint density at radius 2 is 2.59 bits per heavy atom. The summed E-state index contributed by atoms with van der Waals surface area (Å²) in [7, 11) is 0. The Morgan fingerprint density at radius 3 is 3.29 bits per heavy atom. The summed E-state index contributed by atoms with van der Waals surface area (Å²) in [5.74, 6) is 2.14. The summed E-state index contributed by atoms with van der Waals surface area (Å²) in [6, 6.07) is 0.293. The van der Waals surface area contributed by atoms with Gasteiger partial charge in [-0.2, -0.15) is 11.8 Å². The summed E-state index contributed by atoms with van der Waals surface area (Å²) in [5.41, 5.74) is 5.92. The molecule has 0 saturated carbocycles. The van der Waals surface area contributed by atoms with Crippen molar-refractivity contribution in [3.05, 3.63) is 18.2 Å². The number of nitrogens with two attached hydrogens (primary N) is 1. The highest BCUT2D eigenvalue weighted by Crippen LogP contribution is 2.17. The molecule has 1 fully saturated rings. The molecule has 0 aliphatic carbocycles. The van der Waals surface area contributed by atoms with Gasteiger partial charge in [0.25, 0.3) is 5.91 Å². The second kappa shape index (κ2) is 6.07. The van der Waals surface area contributed by atoms with Crippen LogP contribution in [0.1, 0.15) is 23.3 Å². The van der Waals surface area contributed by atoms with E-state index in [1.165, 1.54) is 12.2 Å². The van der Waals surface area contributed by atoms with Crippen molar-refractivity contribution in [3.63, 3.8) is 0 Å². The number of rotatable bonds is 4. The summed E-state index contributed by atoms with van der Waals surface area (Å²) >= 11 is 1.90. The molecule has 0 bridgehead atoms. The van der Waals surface area contributed by atoms with Crippen LogP contribution in [0.3, 0.4) is 0 Å². The first-order valence-corrected chi connectivity index (χ1v) is 7.05. The summed E-state index contributed by atoms with van der Waals surface area (Å²) < 4.78 is 1.84. The molecule has 2 rings (SSSR count). The van der Waals surface area contributed by atoms with Crippen LogP contribution in [0.2, 0.25) is 0 Å². The normalized spacial score (nSPS) is 20.2. The van der Waals surface area contributed by atoms with Gasteiger partial charge in [0.05, 0.1) is 6.33 Å². The first kappa shape index (κ1) is 12.4. The zero-order valence-electron chi connectivity index (χ0n) is 9.76. The van der Waals surface area contributed by atoms with Crippen molar-refractivity contribution >= 4 is 17.7 Å². The third kappa shape index (κ3) is 3.47. The minimum absolute atomic E-state index is 0.0757. The number of nitrogens with one attached hydrogen (secondary N) is 1. The number of aromatic nitrogens is 2. The largest absolute Gasteiger partial charge is 0.347 e. The lowest BCUT2D eigenvalue weighted by Gasteiger charge is -2.21. The minimum atomic E-state index is -0.0757. The topological polar surface area (TPSA) is 72.9 Å². The van der Waals surface area contributed by atoms with Crippen molar-refractivity contribution in [1.82, 2.24) is 14.9 Å². The van der Waals surface area contributed by atoms with Crippen LogP contribution < -0.4 is 11.1 Å². The quantitative estimate of drug-likeness (QED) is 0.819. The Bertz CT molecular complexity index is 373. The third-order valence-electron chi connectivity index (χ3n) is 2.75. The molecule has 1 aliphatic heterocycles. The molecule has 17 heavy (non-hydrogen) atoms. The number of imidazole rings is 1. The second-order valence-corrected chi connectivity index (χ2v) is 5.32. The predicted molar refractivity (Wildman–Crippen MR) is 69.1 cm³/mol. The fourth-order valence-corrected chi connectivity index (χ4v) is 2.93. The van der Waals surface area contributed by atoms with Gasteiger partial charge in [-0.3, -0.25) is 4.79 Å². The molecule has 0 spiro atoms. The van der Waals surface area contributed by atoms with Crippen LogP contribution in [0.5, 0.6) is 0 Å².